The summed E-state index contributed by atoms with van der Waals surface area (Å²) in [6.45, 7) is 5.47. The van der Waals surface area contributed by atoms with Crippen LogP contribution >= 0.6 is 0 Å². The van der Waals surface area contributed by atoms with Gasteiger partial charge in [0.05, 0.1) is 19.8 Å². The molecule has 0 radical (unpaired) electrons. The van der Waals surface area contributed by atoms with E-state index in [1.807, 2.05) is 24.3 Å². The predicted molar refractivity (Wildman–Crippen MR) is 84.6 cm³/mol. The van der Waals surface area contributed by atoms with Crippen molar-refractivity contribution < 1.29 is 14.2 Å². The standard InChI is InChI=1S/C16H28N2O3/c1-19-12-9-18(10-13-20-2)8-5-11-21-16-7-4-3-6-15(16)14-17/h3-4,6-7H,5,8-14,17H2,1-2H3. The largest absolute Gasteiger partial charge is 0.493 e. The average Bonchev–Trinajstić information content (AvgIpc) is 2.53. The smallest absolute Gasteiger partial charge is 0.123 e. The van der Waals surface area contributed by atoms with Crippen molar-refractivity contribution in [2.75, 3.05) is 53.7 Å². The Bertz CT molecular complexity index is 366. The van der Waals surface area contributed by atoms with Crippen LogP contribution in [0.1, 0.15) is 12.0 Å². The van der Waals surface area contributed by atoms with Crippen LogP contribution in [0, 0.1) is 0 Å². The van der Waals surface area contributed by atoms with E-state index < -0.39 is 0 Å². The van der Waals surface area contributed by atoms with Crippen LogP contribution in [-0.2, 0) is 16.0 Å². The Hall–Kier alpha value is -1.14. The summed E-state index contributed by atoms with van der Waals surface area (Å²) in [5.74, 6) is 0.889. The zero-order valence-corrected chi connectivity index (χ0v) is 13.2. The van der Waals surface area contributed by atoms with Crippen molar-refractivity contribution in [3.63, 3.8) is 0 Å². The molecule has 1 aromatic carbocycles. The van der Waals surface area contributed by atoms with E-state index in [4.69, 9.17) is 19.9 Å². The highest BCUT2D eigenvalue weighted by molar-refractivity contribution is 5.32. The van der Waals surface area contributed by atoms with Crippen molar-refractivity contribution >= 4 is 0 Å². The third-order valence-electron chi connectivity index (χ3n) is 3.29. The molecule has 0 aliphatic heterocycles. The van der Waals surface area contributed by atoms with Crippen molar-refractivity contribution in [3.8, 4) is 5.75 Å². The maximum atomic E-state index is 5.82. The van der Waals surface area contributed by atoms with Gasteiger partial charge >= 0.3 is 0 Å². The molecule has 5 heteroatoms. The number of nitrogens with two attached hydrogens (primary N) is 1. The first kappa shape index (κ1) is 17.9. The van der Waals surface area contributed by atoms with Gasteiger partial charge in [-0.15, -0.1) is 0 Å². The van der Waals surface area contributed by atoms with E-state index in [2.05, 4.69) is 4.90 Å². The molecule has 0 saturated heterocycles. The van der Waals surface area contributed by atoms with Gasteiger partial charge in [0.2, 0.25) is 0 Å². The highest BCUT2D eigenvalue weighted by Crippen LogP contribution is 2.17. The number of nitrogens with zero attached hydrogens (tertiary/aromatic N) is 1. The summed E-state index contributed by atoms with van der Waals surface area (Å²) in [7, 11) is 3.45. The number of hydrogen-bond donors (Lipinski definition) is 1. The molecule has 120 valence electrons. The van der Waals surface area contributed by atoms with E-state index in [0.717, 1.165) is 50.6 Å². The summed E-state index contributed by atoms with van der Waals surface area (Å²) in [5, 5.41) is 0. The van der Waals surface area contributed by atoms with Crippen molar-refractivity contribution in [1.82, 2.24) is 4.90 Å². The van der Waals surface area contributed by atoms with Gasteiger partial charge < -0.3 is 19.9 Å². The van der Waals surface area contributed by atoms with E-state index in [1.54, 1.807) is 14.2 Å². The highest BCUT2D eigenvalue weighted by Gasteiger charge is 2.05. The number of benzene rings is 1. The van der Waals surface area contributed by atoms with E-state index in [9.17, 15) is 0 Å². The molecule has 0 atom stereocenters. The van der Waals surface area contributed by atoms with Gasteiger partial charge in [0.15, 0.2) is 0 Å². The molecule has 0 fully saturated rings. The number of rotatable bonds is 12. The summed E-state index contributed by atoms with van der Waals surface area (Å²) in [6.07, 6.45) is 0.965. The molecule has 0 saturated carbocycles. The maximum absolute atomic E-state index is 5.82. The van der Waals surface area contributed by atoms with Gasteiger partial charge in [-0.05, 0) is 12.5 Å². The maximum Gasteiger partial charge on any atom is 0.123 e. The third-order valence-corrected chi connectivity index (χ3v) is 3.29. The minimum atomic E-state index is 0.504. The van der Waals surface area contributed by atoms with E-state index in [0.29, 0.717) is 13.2 Å². The predicted octanol–water partition coefficient (Wildman–Crippen LogP) is 1.51. The minimum Gasteiger partial charge on any atom is -0.493 e. The van der Waals surface area contributed by atoms with Gasteiger partial charge in [-0.3, -0.25) is 4.90 Å². The lowest BCUT2D eigenvalue weighted by Crippen LogP contribution is -2.32. The van der Waals surface area contributed by atoms with Crippen molar-refractivity contribution in [2.45, 2.75) is 13.0 Å². The zero-order chi connectivity index (χ0) is 15.3. The van der Waals surface area contributed by atoms with Crippen LogP contribution in [0.15, 0.2) is 24.3 Å². The number of ether oxygens (including phenoxy) is 3. The molecule has 0 unspecified atom stereocenters. The second kappa shape index (κ2) is 11.5. The summed E-state index contributed by atoms with van der Waals surface area (Å²) in [6, 6.07) is 7.92. The average molecular weight is 296 g/mol. The van der Waals surface area contributed by atoms with Gasteiger partial charge in [-0.25, -0.2) is 0 Å². The van der Waals surface area contributed by atoms with E-state index in [1.165, 1.54) is 0 Å². The van der Waals surface area contributed by atoms with Gasteiger partial charge in [0, 0.05) is 46.0 Å². The SMILES string of the molecule is COCCN(CCCOc1ccccc1CN)CCOC. The molecule has 0 aliphatic carbocycles. The fourth-order valence-corrected chi connectivity index (χ4v) is 2.06. The van der Waals surface area contributed by atoms with E-state index >= 15 is 0 Å². The molecule has 1 aromatic rings. The van der Waals surface area contributed by atoms with Gasteiger partial charge in [-0.1, -0.05) is 18.2 Å². The summed E-state index contributed by atoms with van der Waals surface area (Å²) < 4.78 is 16.1. The number of methoxy groups -OCH3 is 2. The second-order valence-corrected chi connectivity index (χ2v) is 4.84. The summed E-state index contributed by atoms with van der Waals surface area (Å²) in [5.41, 5.74) is 6.75. The Balaban J connectivity index is 2.29. The minimum absolute atomic E-state index is 0.504. The number of para-hydroxylation sites is 1. The first-order chi connectivity index (χ1) is 10.3. The molecule has 0 aliphatic rings. The Morgan fingerprint density at radius 3 is 2.24 bits per heavy atom. The lowest BCUT2D eigenvalue weighted by Gasteiger charge is -2.21. The zero-order valence-electron chi connectivity index (χ0n) is 13.2. The Morgan fingerprint density at radius 2 is 1.62 bits per heavy atom. The van der Waals surface area contributed by atoms with Crippen LogP contribution in [0.25, 0.3) is 0 Å². The first-order valence-corrected chi connectivity index (χ1v) is 7.42. The molecule has 0 amide bonds. The number of hydrogen-bond acceptors (Lipinski definition) is 5. The van der Waals surface area contributed by atoms with Crippen LogP contribution in [-0.4, -0.2) is 58.6 Å². The normalized spacial score (nSPS) is 11.0. The molecular formula is C16H28N2O3. The molecule has 1 rings (SSSR count). The Morgan fingerprint density at radius 1 is 0.952 bits per heavy atom. The van der Waals surface area contributed by atoms with Gasteiger partial charge in [0.1, 0.15) is 5.75 Å². The molecule has 2 N–H and O–H groups in total. The van der Waals surface area contributed by atoms with E-state index in [-0.39, 0.29) is 0 Å². The Labute approximate surface area is 128 Å². The van der Waals surface area contributed by atoms with Crippen LogP contribution < -0.4 is 10.5 Å². The first-order valence-electron chi connectivity index (χ1n) is 7.42. The van der Waals surface area contributed by atoms with Gasteiger partial charge in [-0.2, -0.15) is 0 Å². The van der Waals surface area contributed by atoms with Crippen molar-refractivity contribution in [3.05, 3.63) is 29.8 Å². The third kappa shape index (κ3) is 7.43. The topological polar surface area (TPSA) is 57.0 Å². The van der Waals surface area contributed by atoms with Crippen molar-refractivity contribution in [2.24, 2.45) is 5.73 Å². The lowest BCUT2D eigenvalue weighted by atomic mass is 10.2. The fourth-order valence-electron chi connectivity index (χ4n) is 2.06. The van der Waals surface area contributed by atoms with Gasteiger partial charge in [0.25, 0.3) is 0 Å². The van der Waals surface area contributed by atoms with Crippen LogP contribution in [0.2, 0.25) is 0 Å². The van der Waals surface area contributed by atoms with Crippen LogP contribution in [0.3, 0.4) is 0 Å². The molecule has 0 bridgehead atoms. The lowest BCUT2D eigenvalue weighted by molar-refractivity contribution is 0.110. The highest BCUT2D eigenvalue weighted by atomic mass is 16.5. The van der Waals surface area contributed by atoms with Crippen LogP contribution in [0.5, 0.6) is 5.75 Å². The molecule has 0 heterocycles. The summed E-state index contributed by atoms with van der Waals surface area (Å²) in [4.78, 5) is 2.32. The fraction of sp³-hybridized carbons (Fsp3) is 0.625. The molecule has 0 spiro atoms. The van der Waals surface area contributed by atoms with Crippen molar-refractivity contribution in [1.29, 1.82) is 0 Å². The molecule has 0 aromatic heterocycles. The second-order valence-electron chi connectivity index (χ2n) is 4.84. The quantitative estimate of drug-likeness (QED) is 0.593. The molecule has 5 nitrogen and oxygen atoms in total. The molecular weight excluding hydrogens is 268 g/mol. The van der Waals surface area contributed by atoms with Crippen LogP contribution in [0.4, 0.5) is 0 Å². The Kier molecular flexibility index (Phi) is 9.82. The molecule has 21 heavy (non-hydrogen) atoms. The monoisotopic (exact) mass is 296 g/mol. The summed E-state index contributed by atoms with van der Waals surface area (Å²) >= 11 is 0.